The Morgan fingerprint density at radius 1 is 1.12 bits per heavy atom. The minimum Gasteiger partial charge on any atom is -0.338 e. The van der Waals surface area contributed by atoms with Crippen molar-refractivity contribution in [1.29, 1.82) is 0 Å². The summed E-state index contributed by atoms with van der Waals surface area (Å²) in [6.45, 7) is 4.48. The van der Waals surface area contributed by atoms with Crippen LogP contribution in [0.3, 0.4) is 0 Å². The van der Waals surface area contributed by atoms with Gasteiger partial charge in [-0.25, -0.2) is 0 Å². The lowest BCUT2D eigenvalue weighted by Gasteiger charge is -2.32. The van der Waals surface area contributed by atoms with E-state index in [4.69, 9.17) is 4.99 Å². The van der Waals surface area contributed by atoms with Crippen molar-refractivity contribution in [3.63, 3.8) is 0 Å². The second-order valence-electron chi connectivity index (χ2n) is 6.43. The van der Waals surface area contributed by atoms with Crippen LogP contribution < -0.4 is 0 Å². The molecule has 24 heavy (non-hydrogen) atoms. The van der Waals surface area contributed by atoms with Crippen LogP contribution >= 0.6 is 11.8 Å². The first-order valence-electron chi connectivity index (χ1n) is 8.80. The highest BCUT2D eigenvalue weighted by Crippen LogP contribution is 2.48. The van der Waals surface area contributed by atoms with Crippen molar-refractivity contribution in [2.75, 3.05) is 5.75 Å². The van der Waals surface area contributed by atoms with Crippen LogP contribution in [0.1, 0.15) is 49.2 Å². The van der Waals surface area contributed by atoms with E-state index in [0.717, 1.165) is 24.3 Å². The van der Waals surface area contributed by atoms with Crippen molar-refractivity contribution in [1.82, 2.24) is 9.88 Å². The summed E-state index contributed by atoms with van der Waals surface area (Å²) < 4.78 is 0. The molecule has 1 aromatic carbocycles. The van der Waals surface area contributed by atoms with Gasteiger partial charge >= 0.3 is 0 Å². The minimum atomic E-state index is 0.0931. The Labute approximate surface area is 148 Å². The van der Waals surface area contributed by atoms with Gasteiger partial charge in [0.1, 0.15) is 6.04 Å². The van der Waals surface area contributed by atoms with Gasteiger partial charge in [0, 0.05) is 18.0 Å². The van der Waals surface area contributed by atoms with Crippen molar-refractivity contribution in [3.8, 4) is 0 Å². The number of amidine groups is 1. The first-order valence-corrected chi connectivity index (χ1v) is 9.79. The number of pyridine rings is 1. The molecule has 0 bridgehead atoms. The number of hydrogen-bond donors (Lipinski definition) is 0. The number of fused-ring (bicyclic) bond motifs is 1. The molecule has 2 aliphatic rings. The third-order valence-electron chi connectivity index (χ3n) is 5.06. The number of aliphatic imine (C=N–C) groups is 1. The largest absolute Gasteiger partial charge is 0.338 e. The molecule has 0 aliphatic carbocycles. The van der Waals surface area contributed by atoms with Crippen molar-refractivity contribution in [3.05, 3.63) is 65.5 Å². The van der Waals surface area contributed by atoms with E-state index < -0.39 is 0 Å². The zero-order valence-electron chi connectivity index (χ0n) is 14.2. The lowest BCUT2D eigenvalue weighted by Crippen LogP contribution is -2.35. The number of aryl methyl sites for hydroxylation is 1. The van der Waals surface area contributed by atoms with Gasteiger partial charge < -0.3 is 4.90 Å². The maximum Gasteiger partial charge on any atom is 0.160 e. The third kappa shape index (κ3) is 2.63. The Hall–Kier alpha value is -1.81. The van der Waals surface area contributed by atoms with Crippen LogP contribution in [0.15, 0.2) is 53.7 Å². The van der Waals surface area contributed by atoms with E-state index in [2.05, 4.69) is 60.1 Å². The standard InChI is InChI=1S/C20H23N3S/c1-3-14-8-10-15(11-9-14)19-18(17-7-5-6-12-21-17)22-20-23(19)16(4-2)13-24-20/h5-12,16,18-19H,3-4,13H2,1-2H3/t16-,18-,19+/m1/s1. The molecule has 2 aliphatic heterocycles. The van der Waals surface area contributed by atoms with E-state index in [1.807, 2.05) is 24.0 Å². The average molecular weight is 337 g/mol. The molecule has 4 rings (SSSR count). The molecule has 3 nitrogen and oxygen atoms in total. The highest BCUT2D eigenvalue weighted by Gasteiger charge is 2.45. The van der Waals surface area contributed by atoms with E-state index >= 15 is 0 Å². The molecule has 3 atom stereocenters. The highest BCUT2D eigenvalue weighted by molar-refractivity contribution is 8.14. The van der Waals surface area contributed by atoms with E-state index in [1.54, 1.807) is 0 Å². The first kappa shape index (κ1) is 15.7. The molecular formula is C20H23N3S. The van der Waals surface area contributed by atoms with Crippen LogP contribution in [0.2, 0.25) is 0 Å². The van der Waals surface area contributed by atoms with Crippen molar-refractivity contribution < 1.29 is 0 Å². The summed E-state index contributed by atoms with van der Waals surface area (Å²) in [6.07, 6.45) is 4.11. The molecule has 0 radical (unpaired) electrons. The molecule has 2 aromatic rings. The molecule has 124 valence electrons. The number of aromatic nitrogens is 1. The van der Waals surface area contributed by atoms with Gasteiger partial charge in [-0.3, -0.25) is 9.98 Å². The van der Waals surface area contributed by atoms with Crippen LogP contribution in [-0.4, -0.2) is 26.8 Å². The predicted octanol–water partition coefficient (Wildman–Crippen LogP) is 4.62. The molecule has 1 saturated heterocycles. The van der Waals surface area contributed by atoms with Gasteiger partial charge in [0.15, 0.2) is 5.17 Å². The SMILES string of the molecule is CCc1ccc([C@H]2[C@@H](c3ccccn3)N=C3SC[C@@H](CC)N32)cc1. The lowest BCUT2D eigenvalue weighted by atomic mass is 9.94. The summed E-state index contributed by atoms with van der Waals surface area (Å²) in [5.41, 5.74) is 3.80. The molecule has 1 aromatic heterocycles. The molecule has 0 N–H and O–H groups in total. The second-order valence-corrected chi connectivity index (χ2v) is 7.42. The molecule has 0 saturated carbocycles. The summed E-state index contributed by atoms with van der Waals surface area (Å²) in [5, 5.41) is 1.20. The Bertz CT molecular complexity index is 726. The minimum absolute atomic E-state index is 0.0931. The maximum absolute atomic E-state index is 5.06. The summed E-state index contributed by atoms with van der Waals surface area (Å²) in [4.78, 5) is 12.2. The van der Waals surface area contributed by atoms with E-state index in [-0.39, 0.29) is 12.1 Å². The maximum atomic E-state index is 5.06. The van der Waals surface area contributed by atoms with Gasteiger partial charge in [0.25, 0.3) is 0 Å². The fraction of sp³-hybridized carbons (Fsp3) is 0.400. The smallest absolute Gasteiger partial charge is 0.160 e. The van der Waals surface area contributed by atoms with E-state index in [0.29, 0.717) is 6.04 Å². The molecule has 1 fully saturated rings. The van der Waals surface area contributed by atoms with Crippen molar-refractivity contribution in [2.45, 2.75) is 44.8 Å². The van der Waals surface area contributed by atoms with Crippen LogP contribution in [0.25, 0.3) is 0 Å². The Kier molecular flexibility index (Phi) is 4.31. The highest BCUT2D eigenvalue weighted by atomic mass is 32.2. The molecule has 3 heterocycles. The molecule has 0 amide bonds. The first-order chi connectivity index (χ1) is 11.8. The fourth-order valence-electron chi connectivity index (χ4n) is 3.66. The van der Waals surface area contributed by atoms with Gasteiger partial charge in [-0.1, -0.05) is 55.9 Å². The van der Waals surface area contributed by atoms with Gasteiger partial charge in [-0.05, 0) is 36.1 Å². The molecule has 0 spiro atoms. The van der Waals surface area contributed by atoms with Crippen LogP contribution in [-0.2, 0) is 6.42 Å². The zero-order chi connectivity index (χ0) is 16.5. The number of hydrogen-bond acceptors (Lipinski definition) is 4. The summed E-state index contributed by atoms with van der Waals surface area (Å²) in [7, 11) is 0. The van der Waals surface area contributed by atoms with Gasteiger partial charge in [-0.2, -0.15) is 0 Å². The van der Waals surface area contributed by atoms with Crippen LogP contribution in [0.5, 0.6) is 0 Å². The number of nitrogens with zero attached hydrogens (tertiary/aromatic N) is 3. The van der Waals surface area contributed by atoms with Crippen molar-refractivity contribution in [2.24, 2.45) is 4.99 Å². The Morgan fingerprint density at radius 3 is 2.62 bits per heavy atom. The second kappa shape index (κ2) is 6.60. The van der Waals surface area contributed by atoms with Gasteiger partial charge in [0.2, 0.25) is 0 Å². The molecule has 0 unspecified atom stereocenters. The summed E-state index contributed by atoms with van der Waals surface area (Å²) in [6, 6.07) is 16.2. The Balaban J connectivity index is 1.76. The monoisotopic (exact) mass is 337 g/mol. The quantitative estimate of drug-likeness (QED) is 0.815. The third-order valence-corrected chi connectivity index (χ3v) is 6.18. The van der Waals surface area contributed by atoms with E-state index in [9.17, 15) is 0 Å². The number of benzene rings is 1. The van der Waals surface area contributed by atoms with Crippen LogP contribution in [0.4, 0.5) is 0 Å². The number of rotatable bonds is 4. The molecule has 4 heteroatoms. The fourth-order valence-corrected chi connectivity index (χ4v) is 5.00. The average Bonchev–Trinajstić information content (AvgIpc) is 3.21. The normalized spacial score (nSPS) is 25.7. The lowest BCUT2D eigenvalue weighted by molar-refractivity contribution is 0.255. The van der Waals surface area contributed by atoms with Crippen LogP contribution in [0, 0.1) is 0 Å². The summed E-state index contributed by atoms with van der Waals surface area (Å²) >= 11 is 1.90. The van der Waals surface area contributed by atoms with Gasteiger partial charge in [-0.15, -0.1) is 0 Å². The van der Waals surface area contributed by atoms with E-state index in [1.165, 1.54) is 16.3 Å². The summed E-state index contributed by atoms with van der Waals surface area (Å²) in [5.74, 6) is 1.15. The van der Waals surface area contributed by atoms with Crippen molar-refractivity contribution >= 4 is 16.9 Å². The predicted molar refractivity (Wildman–Crippen MR) is 101 cm³/mol. The zero-order valence-corrected chi connectivity index (χ0v) is 15.0. The topological polar surface area (TPSA) is 28.5 Å². The number of thioether (sulfide) groups is 1. The Morgan fingerprint density at radius 2 is 1.96 bits per heavy atom. The molecular weight excluding hydrogens is 314 g/mol. The van der Waals surface area contributed by atoms with Gasteiger partial charge in [0.05, 0.1) is 11.7 Å².